The molecule has 0 unspecified atom stereocenters. The third-order valence-corrected chi connectivity index (χ3v) is 6.19. The van der Waals surface area contributed by atoms with Crippen LogP contribution in [0.5, 0.6) is 0 Å². The van der Waals surface area contributed by atoms with Crippen LogP contribution in [-0.4, -0.2) is 52.3 Å². The van der Waals surface area contributed by atoms with Crippen molar-refractivity contribution in [3.05, 3.63) is 0 Å². The summed E-state index contributed by atoms with van der Waals surface area (Å²) in [5, 5.41) is 0. The molecule has 0 spiro atoms. The first kappa shape index (κ1) is 23.3. The average molecular weight is 366 g/mol. The van der Waals surface area contributed by atoms with Gasteiger partial charge in [-0.1, -0.05) is 0 Å². The molecule has 0 aliphatic heterocycles. The van der Waals surface area contributed by atoms with Crippen LogP contribution in [0, 0.1) is 0 Å². The summed E-state index contributed by atoms with van der Waals surface area (Å²) in [7, 11) is -2.24. The molecule has 144 valence electrons. The fraction of sp³-hybridized carbons (Fsp3) is 0.941. The van der Waals surface area contributed by atoms with Crippen molar-refractivity contribution < 1.29 is 22.5 Å². The van der Waals surface area contributed by atoms with Crippen LogP contribution in [0.3, 0.4) is 0 Å². The topological polar surface area (TPSA) is 83.9 Å². The SMILES string of the molecule is CC(=O)OC(C)(C)CC(C)(C)N(C)C(C)(C)CC(C)(C)S(=O)(=O)O. The molecular weight excluding hydrogens is 330 g/mol. The van der Waals surface area contributed by atoms with Gasteiger partial charge in [-0.25, -0.2) is 0 Å². The Morgan fingerprint density at radius 1 is 0.958 bits per heavy atom. The predicted molar refractivity (Wildman–Crippen MR) is 96.6 cm³/mol. The fourth-order valence-electron chi connectivity index (χ4n) is 3.66. The molecule has 0 saturated carbocycles. The molecule has 0 atom stereocenters. The molecule has 0 amide bonds. The zero-order valence-corrected chi connectivity index (χ0v) is 17.7. The smallest absolute Gasteiger partial charge is 0.303 e. The van der Waals surface area contributed by atoms with Crippen LogP contribution in [0.1, 0.15) is 75.2 Å². The minimum Gasteiger partial charge on any atom is -0.460 e. The van der Waals surface area contributed by atoms with Gasteiger partial charge in [0.1, 0.15) is 5.60 Å². The first-order valence-corrected chi connectivity index (χ1v) is 9.58. The van der Waals surface area contributed by atoms with Gasteiger partial charge in [0.25, 0.3) is 10.1 Å². The number of nitrogens with zero attached hydrogens (tertiary/aromatic N) is 1. The third kappa shape index (κ3) is 6.33. The molecule has 0 aliphatic rings. The van der Waals surface area contributed by atoms with Crippen molar-refractivity contribution in [1.29, 1.82) is 0 Å². The zero-order valence-electron chi connectivity index (χ0n) is 16.8. The Morgan fingerprint density at radius 2 is 1.33 bits per heavy atom. The maximum absolute atomic E-state index is 11.6. The van der Waals surface area contributed by atoms with Gasteiger partial charge in [0.2, 0.25) is 0 Å². The molecular formula is C17H35NO5S. The minimum atomic E-state index is -4.16. The highest BCUT2D eigenvalue weighted by molar-refractivity contribution is 7.87. The van der Waals surface area contributed by atoms with Crippen molar-refractivity contribution in [1.82, 2.24) is 4.90 Å². The van der Waals surface area contributed by atoms with E-state index in [4.69, 9.17) is 4.74 Å². The number of ether oxygens (including phenoxy) is 1. The molecule has 1 N–H and O–H groups in total. The number of rotatable bonds is 8. The maximum Gasteiger partial charge on any atom is 0.303 e. The van der Waals surface area contributed by atoms with E-state index in [1.807, 2.05) is 48.6 Å². The van der Waals surface area contributed by atoms with Crippen molar-refractivity contribution >= 4 is 16.1 Å². The fourth-order valence-corrected chi connectivity index (χ4v) is 4.19. The molecule has 0 aromatic heterocycles. The maximum atomic E-state index is 11.6. The zero-order chi connectivity index (χ0) is 19.8. The molecule has 0 aromatic rings. The summed E-state index contributed by atoms with van der Waals surface area (Å²) in [6.07, 6.45) is 0.832. The lowest BCUT2D eigenvalue weighted by molar-refractivity contribution is -0.157. The molecule has 0 bridgehead atoms. The van der Waals surface area contributed by atoms with Gasteiger partial charge in [-0.3, -0.25) is 14.2 Å². The van der Waals surface area contributed by atoms with E-state index in [2.05, 4.69) is 4.90 Å². The van der Waals surface area contributed by atoms with Crippen LogP contribution in [0.25, 0.3) is 0 Å². The van der Waals surface area contributed by atoms with Gasteiger partial charge in [-0.15, -0.1) is 0 Å². The Labute approximate surface area is 147 Å². The minimum absolute atomic E-state index is 0.257. The van der Waals surface area contributed by atoms with E-state index in [1.54, 1.807) is 0 Å². The highest BCUT2D eigenvalue weighted by Gasteiger charge is 2.45. The van der Waals surface area contributed by atoms with Crippen molar-refractivity contribution in [2.75, 3.05) is 7.05 Å². The van der Waals surface area contributed by atoms with Crippen LogP contribution < -0.4 is 0 Å². The molecule has 0 heterocycles. The molecule has 0 saturated heterocycles. The quantitative estimate of drug-likeness (QED) is 0.525. The molecule has 0 rings (SSSR count). The molecule has 7 heteroatoms. The van der Waals surface area contributed by atoms with Crippen molar-refractivity contribution in [2.45, 2.75) is 96.6 Å². The van der Waals surface area contributed by atoms with Gasteiger partial charge in [0, 0.05) is 24.4 Å². The van der Waals surface area contributed by atoms with Gasteiger partial charge < -0.3 is 4.74 Å². The second kappa shape index (κ2) is 6.92. The first-order valence-electron chi connectivity index (χ1n) is 8.14. The van der Waals surface area contributed by atoms with E-state index in [9.17, 15) is 17.8 Å². The van der Waals surface area contributed by atoms with Crippen LogP contribution in [0.4, 0.5) is 0 Å². The Balaban J connectivity index is 5.41. The number of hydrogen-bond donors (Lipinski definition) is 1. The monoisotopic (exact) mass is 365 g/mol. The van der Waals surface area contributed by atoms with Crippen LogP contribution in [-0.2, 0) is 19.6 Å². The number of carbonyl (C=O) groups is 1. The summed E-state index contributed by atoms with van der Waals surface area (Å²) in [5.41, 5.74) is -1.51. The lowest BCUT2D eigenvalue weighted by atomic mass is 9.82. The molecule has 24 heavy (non-hydrogen) atoms. The summed E-state index contributed by atoms with van der Waals surface area (Å²) in [5.74, 6) is -0.328. The van der Waals surface area contributed by atoms with Crippen molar-refractivity contribution in [2.24, 2.45) is 0 Å². The van der Waals surface area contributed by atoms with Gasteiger partial charge in [0.15, 0.2) is 0 Å². The lowest BCUT2D eigenvalue weighted by Gasteiger charge is -2.50. The summed E-state index contributed by atoms with van der Waals surface area (Å²) in [4.78, 5) is 13.4. The Bertz CT molecular complexity index is 562. The number of carbonyl (C=O) groups excluding carboxylic acids is 1. The molecule has 0 aliphatic carbocycles. The predicted octanol–water partition coefficient (Wildman–Crippen LogP) is 3.26. The molecule has 0 radical (unpaired) electrons. The van der Waals surface area contributed by atoms with E-state index in [1.165, 1.54) is 20.8 Å². The Morgan fingerprint density at radius 3 is 1.67 bits per heavy atom. The Kier molecular flexibility index (Phi) is 6.73. The van der Waals surface area contributed by atoms with E-state index in [0.717, 1.165) is 0 Å². The van der Waals surface area contributed by atoms with Gasteiger partial charge >= 0.3 is 5.97 Å². The average Bonchev–Trinajstić information content (AvgIpc) is 2.20. The van der Waals surface area contributed by atoms with Crippen LogP contribution >= 0.6 is 0 Å². The normalized spacial score (nSPS) is 14.8. The lowest BCUT2D eigenvalue weighted by Crippen LogP contribution is -2.58. The van der Waals surface area contributed by atoms with Crippen molar-refractivity contribution in [3.63, 3.8) is 0 Å². The van der Waals surface area contributed by atoms with Crippen LogP contribution in [0.2, 0.25) is 0 Å². The standard InChI is InChI=1S/C17H35NO5S/c1-13(19)23-16(6,7)11-14(2,3)18(10)15(4,5)12-17(8,9)24(20,21)22/h11-12H2,1-10H3,(H,20,21,22). The molecule has 0 aromatic carbocycles. The number of hydrogen-bond acceptors (Lipinski definition) is 5. The van der Waals surface area contributed by atoms with Gasteiger partial charge in [-0.05, 0) is 68.9 Å². The summed E-state index contributed by atoms with van der Waals surface area (Å²) >= 11 is 0. The summed E-state index contributed by atoms with van der Waals surface area (Å²) < 4.78 is 36.9. The largest absolute Gasteiger partial charge is 0.460 e. The van der Waals surface area contributed by atoms with E-state index in [0.29, 0.717) is 6.42 Å². The molecule has 6 nitrogen and oxygen atoms in total. The highest BCUT2D eigenvalue weighted by Crippen LogP contribution is 2.37. The number of esters is 1. The first-order chi connectivity index (χ1) is 10.2. The van der Waals surface area contributed by atoms with E-state index < -0.39 is 26.0 Å². The molecule has 0 fully saturated rings. The summed E-state index contributed by atoms with van der Waals surface area (Å²) in [6.45, 7) is 16.1. The van der Waals surface area contributed by atoms with E-state index >= 15 is 0 Å². The van der Waals surface area contributed by atoms with Gasteiger partial charge in [0.05, 0.1) is 4.75 Å². The van der Waals surface area contributed by atoms with Crippen molar-refractivity contribution in [3.8, 4) is 0 Å². The van der Waals surface area contributed by atoms with Gasteiger partial charge in [-0.2, -0.15) is 8.42 Å². The Hall–Kier alpha value is -0.660. The third-order valence-electron chi connectivity index (χ3n) is 4.65. The second-order valence-electron chi connectivity index (χ2n) is 9.13. The van der Waals surface area contributed by atoms with E-state index in [-0.39, 0.29) is 17.9 Å². The second-order valence-corrected chi connectivity index (χ2v) is 11.2. The summed E-state index contributed by atoms with van der Waals surface area (Å²) in [6, 6.07) is 0. The van der Waals surface area contributed by atoms with Crippen LogP contribution in [0.15, 0.2) is 0 Å². The highest BCUT2D eigenvalue weighted by atomic mass is 32.2.